The lowest BCUT2D eigenvalue weighted by Gasteiger charge is -2.27. The van der Waals surface area contributed by atoms with Gasteiger partial charge in [0.05, 0.1) is 7.11 Å². The Labute approximate surface area is 107 Å². The molecule has 2 heterocycles. The van der Waals surface area contributed by atoms with E-state index in [-0.39, 0.29) is 11.9 Å². The predicted molar refractivity (Wildman–Crippen MR) is 66.7 cm³/mol. The van der Waals surface area contributed by atoms with Gasteiger partial charge in [-0.05, 0) is 32.6 Å². The number of nitrogens with zero attached hydrogens (tertiary/aromatic N) is 1. The molecule has 0 radical (unpaired) electrons. The van der Waals surface area contributed by atoms with Gasteiger partial charge in [-0.25, -0.2) is 4.79 Å². The Morgan fingerprint density at radius 1 is 1.39 bits per heavy atom. The number of methoxy groups -OCH3 is 1. The molecule has 0 aliphatic carbocycles. The molecule has 0 aromatic carbocycles. The molecule has 2 rings (SSSR count). The number of likely N-dealkylation sites (tertiary alicyclic amines) is 1. The molecule has 5 nitrogen and oxygen atoms in total. The van der Waals surface area contributed by atoms with Gasteiger partial charge in [0.2, 0.25) is 0 Å². The lowest BCUT2D eigenvalue weighted by atomic mass is 10.0. The molecular weight excluding hydrogens is 232 g/mol. The van der Waals surface area contributed by atoms with Crippen molar-refractivity contribution in [2.75, 3.05) is 20.2 Å². The van der Waals surface area contributed by atoms with Crippen molar-refractivity contribution in [3.63, 3.8) is 0 Å². The van der Waals surface area contributed by atoms with Gasteiger partial charge in [0, 0.05) is 24.4 Å². The average Bonchev–Trinajstić information content (AvgIpc) is 2.86. The minimum Gasteiger partial charge on any atom is -0.467 e. The third-order valence-corrected chi connectivity index (χ3v) is 3.69. The van der Waals surface area contributed by atoms with Crippen LogP contribution in [0.15, 0.2) is 11.3 Å². The first kappa shape index (κ1) is 12.9. The van der Waals surface area contributed by atoms with Gasteiger partial charge in [-0.1, -0.05) is 0 Å². The van der Waals surface area contributed by atoms with Crippen molar-refractivity contribution in [2.24, 2.45) is 0 Å². The molecule has 1 amide bonds. The van der Waals surface area contributed by atoms with E-state index in [4.69, 9.17) is 4.74 Å². The smallest absolute Gasteiger partial charge is 0.328 e. The minimum atomic E-state index is -0.398. The van der Waals surface area contributed by atoms with Crippen LogP contribution in [0.4, 0.5) is 0 Å². The van der Waals surface area contributed by atoms with E-state index < -0.39 is 6.04 Å². The van der Waals surface area contributed by atoms with E-state index >= 15 is 0 Å². The van der Waals surface area contributed by atoms with Crippen LogP contribution in [-0.4, -0.2) is 43.0 Å². The van der Waals surface area contributed by atoms with Crippen molar-refractivity contribution in [3.05, 3.63) is 11.3 Å². The number of carbonyl (C=O) groups is 2. The molecule has 18 heavy (non-hydrogen) atoms. The lowest BCUT2D eigenvalue weighted by molar-refractivity contribution is -0.149. The number of ether oxygens (including phenoxy) is 1. The van der Waals surface area contributed by atoms with Crippen molar-refractivity contribution >= 4 is 11.9 Å². The summed E-state index contributed by atoms with van der Waals surface area (Å²) in [6, 6.07) is -0.398. The van der Waals surface area contributed by atoms with Crippen molar-refractivity contribution in [1.82, 2.24) is 10.2 Å². The SMILES string of the molecule is COC(=O)[C@@H]1CCCN1C(=O)C1=C(C)NCCC1. The molecule has 0 aromatic rings. The number of esters is 1. The lowest BCUT2D eigenvalue weighted by Crippen LogP contribution is -2.43. The third kappa shape index (κ3) is 2.35. The molecule has 0 saturated carbocycles. The maximum absolute atomic E-state index is 12.5. The Hall–Kier alpha value is -1.52. The Morgan fingerprint density at radius 3 is 2.83 bits per heavy atom. The molecule has 0 aromatic heterocycles. The fourth-order valence-electron chi connectivity index (χ4n) is 2.67. The van der Waals surface area contributed by atoms with E-state index in [9.17, 15) is 9.59 Å². The van der Waals surface area contributed by atoms with Gasteiger partial charge in [0.25, 0.3) is 5.91 Å². The molecule has 1 atom stereocenters. The highest BCUT2D eigenvalue weighted by molar-refractivity contribution is 5.97. The molecular formula is C13H20N2O3. The zero-order valence-electron chi connectivity index (χ0n) is 11.0. The van der Waals surface area contributed by atoms with E-state index in [0.717, 1.165) is 37.1 Å². The van der Waals surface area contributed by atoms with Crippen molar-refractivity contribution in [1.29, 1.82) is 0 Å². The van der Waals surface area contributed by atoms with Crippen molar-refractivity contribution in [3.8, 4) is 0 Å². The normalized spacial score (nSPS) is 23.9. The summed E-state index contributed by atoms with van der Waals surface area (Å²) in [6.07, 6.45) is 3.33. The number of amides is 1. The van der Waals surface area contributed by atoms with Crippen LogP contribution in [0.5, 0.6) is 0 Å². The van der Waals surface area contributed by atoms with Crippen LogP contribution < -0.4 is 5.32 Å². The number of hydrogen-bond acceptors (Lipinski definition) is 4. The number of nitrogens with one attached hydrogen (secondary N) is 1. The van der Waals surface area contributed by atoms with Gasteiger partial charge in [-0.15, -0.1) is 0 Å². The highest BCUT2D eigenvalue weighted by atomic mass is 16.5. The third-order valence-electron chi connectivity index (χ3n) is 3.69. The standard InChI is InChI=1S/C13H20N2O3/c1-9-10(5-3-7-14-9)12(16)15-8-4-6-11(15)13(17)18-2/h11,14H,3-8H2,1-2H3/t11-/m0/s1. The van der Waals surface area contributed by atoms with E-state index in [1.54, 1.807) is 4.90 Å². The highest BCUT2D eigenvalue weighted by Crippen LogP contribution is 2.24. The van der Waals surface area contributed by atoms with Crippen LogP contribution in [0.25, 0.3) is 0 Å². The Morgan fingerprint density at radius 2 is 2.17 bits per heavy atom. The number of rotatable bonds is 2. The summed E-state index contributed by atoms with van der Waals surface area (Å²) in [5, 5.41) is 3.21. The molecule has 1 fully saturated rings. The molecule has 0 spiro atoms. The second kappa shape index (κ2) is 5.42. The fourth-order valence-corrected chi connectivity index (χ4v) is 2.67. The molecule has 2 aliphatic rings. The largest absolute Gasteiger partial charge is 0.467 e. The summed E-state index contributed by atoms with van der Waals surface area (Å²) < 4.78 is 4.76. The van der Waals surface area contributed by atoms with Crippen molar-refractivity contribution < 1.29 is 14.3 Å². The minimum absolute atomic E-state index is 0.00685. The summed E-state index contributed by atoms with van der Waals surface area (Å²) in [5.74, 6) is -0.310. The zero-order chi connectivity index (χ0) is 13.1. The topological polar surface area (TPSA) is 58.6 Å². The highest BCUT2D eigenvalue weighted by Gasteiger charge is 2.36. The maximum Gasteiger partial charge on any atom is 0.328 e. The number of carbonyl (C=O) groups excluding carboxylic acids is 2. The molecule has 100 valence electrons. The van der Waals surface area contributed by atoms with Crippen LogP contribution in [0, 0.1) is 0 Å². The maximum atomic E-state index is 12.5. The first-order valence-electron chi connectivity index (χ1n) is 6.47. The summed E-state index contributed by atoms with van der Waals surface area (Å²) in [6.45, 7) is 3.49. The Balaban J connectivity index is 2.15. The molecule has 1 saturated heterocycles. The Kier molecular flexibility index (Phi) is 3.89. The van der Waals surface area contributed by atoms with Crippen molar-refractivity contribution in [2.45, 2.75) is 38.6 Å². The van der Waals surface area contributed by atoms with Crippen LogP contribution in [0.1, 0.15) is 32.6 Å². The summed E-state index contributed by atoms with van der Waals surface area (Å²) >= 11 is 0. The molecule has 1 N–H and O–H groups in total. The molecule has 5 heteroatoms. The Bertz CT molecular complexity index is 390. The predicted octanol–water partition coefficient (Wildman–Crippen LogP) is 0.808. The van der Waals surface area contributed by atoms with Crippen LogP contribution in [0.2, 0.25) is 0 Å². The monoisotopic (exact) mass is 252 g/mol. The first-order chi connectivity index (χ1) is 8.65. The van der Waals surface area contributed by atoms with E-state index in [1.165, 1.54) is 7.11 Å². The van der Waals surface area contributed by atoms with Gasteiger partial charge >= 0.3 is 5.97 Å². The number of allylic oxidation sites excluding steroid dienone is 1. The first-order valence-corrected chi connectivity index (χ1v) is 6.47. The van der Waals surface area contributed by atoms with Crippen LogP contribution in [0.3, 0.4) is 0 Å². The fraction of sp³-hybridized carbons (Fsp3) is 0.692. The molecule has 0 bridgehead atoms. The second-order valence-electron chi connectivity index (χ2n) is 4.81. The van der Waals surface area contributed by atoms with Gasteiger partial charge in [-0.2, -0.15) is 0 Å². The quantitative estimate of drug-likeness (QED) is 0.739. The van der Waals surface area contributed by atoms with E-state index in [1.807, 2.05) is 6.92 Å². The second-order valence-corrected chi connectivity index (χ2v) is 4.81. The zero-order valence-corrected chi connectivity index (χ0v) is 11.0. The summed E-state index contributed by atoms with van der Waals surface area (Å²) in [4.78, 5) is 25.8. The van der Waals surface area contributed by atoms with Gasteiger partial charge in [0.1, 0.15) is 6.04 Å². The molecule has 2 aliphatic heterocycles. The van der Waals surface area contributed by atoms with Gasteiger partial charge < -0.3 is 15.0 Å². The van der Waals surface area contributed by atoms with Crippen LogP contribution in [-0.2, 0) is 14.3 Å². The van der Waals surface area contributed by atoms with E-state index in [0.29, 0.717) is 13.0 Å². The van der Waals surface area contributed by atoms with Gasteiger partial charge in [-0.3, -0.25) is 4.79 Å². The average molecular weight is 252 g/mol. The number of hydrogen-bond donors (Lipinski definition) is 1. The van der Waals surface area contributed by atoms with Gasteiger partial charge in [0.15, 0.2) is 0 Å². The van der Waals surface area contributed by atoms with Crippen LogP contribution >= 0.6 is 0 Å². The summed E-state index contributed by atoms with van der Waals surface area (Å²) in [5.41, 5.74) is 1.76. The molecule has 0 unspecified atom stereocenters. The summed E-state index contributed by atoms with van der Waals surface area (Å²) in [7, 11) is 1.37. The van der Waals surface area contributed by atoms with E-state index in [2.05, 4.69) is 5.32 Å².